The summed E-state index contributed by atoms with van der Waals surface area (Å²) in [6.45, 7) is 2.06. The number of piperidine rings is 1. The summed E-state index contributed by atoms with van der Waals surface area (Å²) in [6, 6.07) is 4.59. The van der Waals surface area contributed by atoms with E-state index >= 15 is 0 Å². The molecule has 1 N–H and O–H groups in total. The van der Waals surface area contributed by atoms with E-state index in [1.54, 1.807) is 24.0 Å². The molecular formula is C13H15ClN2O4. The second-order valence-electron chi connectivity index (χ2n) is 5.05. The maximum atomic E-state index is 11.6. The zero-order valence-corrected chi connectivity index (χ0v) is 11.8. The molecule has 0 saturated carbocycles. The average molecular weight is 299 g/mol. The Balaban J connectivity index is 2.57. The lowest BCUT2D eigenvalue weighted by molar-refractivity contribution is -0.384. The normalized spacial score (nSPS) is 22.6. The zero-order valence-electron chi connectivity index (χ0n) is 11.0. The van der Waals surface area contributed by atoms with Crippen molar-refractivity contribution in [2.45, 2.75) is 31.7 Å². The minimum absolute atomic E-state index is 0.0193. The number of carboxylic acid groups (broad SMARTS) is 1. The average Bonchev–Trinajstić information content (AvgIpc) is 2.38. The summed E-state index contributed by atoms with van der Waals surface area (Å²) in [7, 11) is 0. The number of nitro benzene ring substituents is 1. The van der Waals surface area contributed by atoms with Gasteiger partial charge in [-0.3, -0.25) is 10.1 Å². The number of hydrogen-bond acceptors (Lipinski definition) is 4. The van der Waals surface area contributed by atoms with Gasteiger partial charge in [0.25, 0.3) is 0 Å². The first-order valence-electron chi connectivity index (χ1n) is 6.32. The molecule has 1 aromatic carbocycles. The topological polar surface area (TPSA) is 83.7 Å². The van der Waals surface area contributed by atoms with Crippen molar-refractivity contribution in [2.24, 2.45) is 0 Å². The Morgan fingerprint density at radius 1 is 1.50 bits per heavy atom. The fourth-order valence-electron chi connectivity index (χ4n) is 2.63. The molecule has 0 bridgehead atoms. The van der Waals surface area contributed by atoms with E-state index in [2.05, 4.69) is 0 Å². The third kappa shape index (κ3) is 2.31. The summed E-state index contributed by atoms with van der Waals surface area (Å²) in [5.41, 5.74) is -1.11. The van der Waals surface area contributed by atoms with Crippen LogP contribution in [0.4, 0.5) is 11.4 Å². The molecule has 108 valence electrons. The van der Waals surface area contributed by atoms with E-state index in [0.717, 1.165) is 12.8 Å². The van der Waals surface area contributed by atoms with E-state index < -0.39 is 16.4 Å². The summed E-state index contributed by atoms with van der Waals surface area (Å²) in [6.07, 6.45) is 2.03. The molecule has 1 fully saturated rings. The number of para-hydroxylation sites is 1. The van der Waals surface area contributed by atoms with E-state index in [9.17, 15) is 20.0 Å². The van der Waals surface area contributed by atoms with Crippen molar-refractivity contribution in [1.82, 2.24) is 0 Å². The van der Waals surface area contributed by atoms with Crippen LogP contribution in [0, 0.1) is 10.1 Å². The van der Waals surface area contributed by atoms with Crippen molar-refractivity contribution in [1.29, 1.82) is 0 Å². The molecule has 1 aliphatic heterocycles. The third-order valence-electron chi connectivity index (χ3n) is 3.79. The highest BCUT2D eigenvalue weighted by Gasteiger charge is 2.43. The summed E-state index contributed by atoms with van der Waals surface area (Å²) in [5.74, 6) is -0.980. The lowest BCUT2D eigenvalue weighted by atomic mass is 9.87. The number of aliphatic carboxylic acids is 1. The highest BCUT2D eigenvalue weighted by molar-refractivity contribution is 6.33. The predicted molar refractivity (Wildman–Crippen MR) is 75.3 cm³/mol. The minimum atomic E-state index is -1.15. The number of carbonyl (C=O) groups is 1. The number of hydrogen-bond donors (Lipinski definition) is 1. The van der Waals surface area contributed by atoms with Crippen LogP contribution in [-0.2, 0) is 4.79 Å². The largest absolute Gasteiger partial charge is 0.480 e. The number of anilines is 1. The predicted octanol–water partition coefficient (Wildman–Crippen LogP) is 3.08. The highest BCUT2D eigenvalue weighted by Crippen LogP contribution is 2.41. The van der Waals surface area contributed by atoms with Crippen LogP contribution in [0.5, 0.6) is 0 Å². The Labute approximate surface area is 121 Å². The van der Waals surface area contributed by atoms with E-state index in [1.165, 1.54) is 6.07 Å². The van der Waals surface area contributed by atoms with Crippen molar-refractivity contribution in [3.63, 3.8) is 0 Å². The van der Waals surface area contributed by atoms with Gasteiger partial charge in [0.2, 0.25) is 0 Å². The first kappa shape index (κ1) is 14.6. The summed E-state index contributed by atoms with van der Waals surface area (Å²) < 4.78 is 0. The minimum Gasteiger partial charge on any atom is -0.480 e. The molecule has 2 rings (SSSR count). The van der Waals surface area contributed by atoms with Crippen molar-refractivity contribution in [3.05, 3.63) is 33.3 Å². The van der Waals surface area contributed by atoms with Gasteiger partial charge in [0.15, 0.2) is 0 Å². The fraction of sp³-hybridized carbons (Fsp3) is 0.462. The van der Waals surface area contributed by atoms with Gasteiger partial charge in [0, 0.05) is 6.54 Å². The van der Waals surface area contributed by atoms with Crippen LogP contribution in [0.3, 0.4) is 0 Å². The monoisotopic (exact) mass is 298 g/mol. The molecular weight excluding hydrogens is 284 g/mol. The number of rotatable bonds is 3. The molecule has 6 nitrogen and oxygen atoms in total. The van der Waals surface area contributed by atoms with Gasteiger partial charge in [-0.2, -0.15) is 0 Å². The number of nitrogens with zero attached hydrogens (tertiary/aromatic N) is 2. The van der Waals surface area contributed by atoms with Gasteiger partial charge < -0.3 is 10.0 Å². The van der Waals surface area contributed by atoms with E-state index in [-0.39, 0.29) is 16.4 Å². The van der Waals surface area contributed by atoms with Crippen LogP contribution in [0.15, 0.2) is 18.2 Å². The van der Waals surface area contributed by atoms with Crippen LogP contribution in [0.25, 0.3) is 0 Å². The van der Waals surface area contributed by atoms with Gasteiger partial charge in [-0.1, -0.05) is 17.7 Å². The van der Waals surface area contributed by atoms with Crippen LogP contribution < -0.4 is 4.90 Å². The molecule has 0 amide bonds. The van der Waals surface area contributed by atoms with Crippen LogP contribution in [0.1, 0.15) is 26.2 Å². The van der Waals surface area contributed by atoms with Gasteiger partial charge in [-0.15, -0.1) is 0 Å². The van der Waals surface area contributed by atoms with Crippen LogP contribution >= 0.6 is 11.6 Å². The smallest absolute Gasteiger partial charge is 0.329 e. The molecule has 0 aliphatic carbocycles. The standard InChI is InChI=1S/C13H15ClN2O4/c1-13(12(17)18)7-2-3-8-15(13)10-6-4-5-9(14)11(10)16(19)20/h4-6H,2-3,7-8H2,1H3,(H,17,18). The van der Waals surface area contributed by atoms with Crippen LogP contribution in [0.2, 0.25) is 5.02 Å². The number of benzene rings is 1. The molecule has 0 radical (unpaired) electrons. The maximum Gasteiger partial charge on any atom is 0.329 e. The Morgan fingerprint density at radius 2 is 2.20 bits per heavy atom. The van der Waals surface area contributed by atoms with Gasteiger partial charge in [-0.25, -0.2) is 4.79 Å². The van der Waals surface area contributed by atoms with Crippen molar-refractivity contribution in [3.8, 4) is 0 Å². The maximum absolute atomic E-state index is 11.6. The van der Waals surface area contributed by atoms with E-state index in [0.29, 0.717) is 13.0 Å². The summed E-state index contributed by atoms with van der Waals surface area (Å²) in [5, 5.41) is 20.7. The SMILES string of the molecule is CC1(C(=O)O)CCCCN1c1cccc(Cl)c1[N+](=O)[O-]. The molecule has 1 aliphatic rings. The van der Waals surface area contributed by atoms with Crippen LogP contribution in [-0.4, -0.2) is 28.1 Å². The molecule has 0 aromatic heterocycles. The molecule has 7 heteroatoms. The molecule has 1 saturated heterocycles. The molecule has 1 heterocycles. The zero-order chi connectivity index (χ0) is 14.9. The molecule has 1 atom stereocenters. The lowest BCUT2D eigenvalue weighted by Crippen LogP contribution is -2.55. The van der Waals surface area contributed by atoms with Gasteiger partial charge in [0.05, 0.1) is 4.92 Å². The first-order chi connectivity index (χ1) is 9.38. The number of halogens is 1. The Bertz CT molecular complexity index is 563. The Hall–Kier alpha value is -1.82. The fourth-order valence-corrected chi connectivity index (χ4v) is 2.87. The summed E-state index contributed by atoms with van der Waals surface area (Å²) >= 11 is 5.90. The quantitative estimate of drug-likeness (QED) is 0.685. The lowest BCUT2D eigenvalue weighted by Gasteiger charge is -2.42. The molecule has 0 spiro atoms. The van der Waals surface area contributed by atoms with E-state index in [4.69, 9.17) is 11.6 Å². The summed E-state index contributed by atoms with van der Waals surface area (Å²) in [4.78, 5) is 23.8. The number of nitro groups is 1. The Kier molecular flexibility index (Phi) is 3.85. The molecule has 1 aromatic rings. The van der Waals surface area contributed by atoms with Crippen molar-refractivity contribution < 1.29 is 14.8 Å². The van der Waals surface area contributed by atoms with Gasteiger partial charge in [-0.05, 0) is 38.3 Å². The van der Waals surface area contributed by atoms with Crippen molar-refractivity contribution in [2.75, 3.05) is 11.4 Å². The molecule has 20 heavy (non-hydrogen) atoms. The first-order valence-corrected chi connectivity index (χ1v) is 6.69. The molecule has 1 unspecified atom stereocenters. The van der Waals surface area contributed by atoms with E-state index in [1.807, 2.05) is 0 Å². The van der Waals surface area contributed by atoms with Gasteiger partial charge >= 0.3 is 11.7 Å². The second-order valence-corrected chi connectivity index (χ2v) is 5.46. The third-order valence-corrected chi connectivity index (χ3v) is 4.10. The second kappa shape index (κ2) is 5.28. The van der Waals surface area contributed by atoms with Crippen molar-refractivity contribution >= 4 is 28.9 Å². The highest BCUT2D eigenvalue weighted by atomic mass is 35.5. The van der Waals surface area contributed by atoms with Gasteiger partial charge in [0.1, 0.15) is 16.2 Å². The number of carboxylic acids is 1. The Morgan fingerprint density at radius 3 is 2.80 bits per heavy atom.